The predicted octanol–water partition coefficient (Wildman–Crippen LogP) is 1.52. The number of aryl methyl sites for hydroxylation is 1. The lowest BCUT2D eigenvalue weighted by atomic mass is 10.1. The van der Waals surface area contributed by atoms with Gasteiger partial charge in [-0.1, -0.05) is 25.1 Å². The zero-order valence-corrected chi connectivity index (χ0v) is 17.5. The van der Waals surface area contributed by atoms with E-state index in [2.05, 4.69) is 27.1 Å². The molecular weight excluding hydrogens is 388 g/mol. The molecular formula is C20H28N6O2S. The quantitative estimate of drug-likeness (QED) is 0.524. The highest BCUT2D eigenvalue weighted by Gasteiger charge is 2.26. The number of guanidine groups is 1. The number of pyridine rings is 1. The molecule has 1 fully saturated rings. The summed E-state index contributed by atoms with van der Waals surface area (Å²) in [5.41, 5.74) is 7.94. The maximum atomic E-state index is 12.6. The van der Waals surface area contributed by atoms with Gasteiger partial charge in [-0.3, -0.25) is 4.99 Å². The van der Waals surface area contributed by atoms with E-state index in [4.69, 9.17) is 5.73 Å². The molecule has 156 valence electrons. The van der Waals surface area contributed by atoms with Crippen LogP contribution < -0.4 is 16.0 Å². The smallest absolute Gasteiger partial charge is 0.216 e. The maximum Gasteiger partial charge on any atom is 0.216 e. The summed E-state index contributed by atoms with van der Waals surface area (Å²) in [4.78, 5) is 10.6. The number of sulfonamides is 1. The summed E-state index contributed by atoms with van der Waals surface area (Å²) in [5.74, 6) is 1.03. The fraction of sp³-hybridized carbons (Fsp3) is 0.400. The number of piperazine rings is 1. The minimum Gasteiger partial charge on any atom is -0.370 e. The van der Waals surface area contributed by atoms with Gasteiger partial charge in [-0.05, 0) is 36.2 Å². The van der Waals surface area contributed by atoms with Crippen molar-refractivity contribution in [1.29, 1.82) is 0 Å². The average Bonchev–Trinajstić information content (AvgIpc) is 2.74. The lowest BCUT2D eigenvalue weighted by Gasteiger charge is -2.34. The summed E-state index contributed by atoms with van der Waals surface area (Å²) < 4.78 is 26.8. The lowest BCUT2D eigenvalue weighted by molar-refractivity contribution is 0.384. The van der Waals surface area contributed by atoms with Crippen LogP contribution in [0.3, 0.4) is 0 Å². The van der Waals surface area contributed by atoms with Crippen molar-refractivity contribution in [3.05, 3.63) is 54.2 Å². The first kappa shape index (κ1) is 21.1. The zero-order chi connectivity index (χ0) is 20.7. The number of hydrogen-bond donors (Lipinski definition) is 2. The van der Waals surface area contributed by atoms with Crippen LogP contribution in [0, 0.1) is 0 Å². The topological polar surface area (TPSA) is 104 Å². The normalized spacial score (nSPS) is 16.0. The van der Waals surface area contributed by atoms with E-state index in [0.29, 0.717) is 26.2 Å². The second-order valence-corrected chi connectivity index (χ2v) is 8.92. The molecule has 1 aliphatic rings. The molecule has 0 unspecified atom stereocenters. The van der Waals surface area contributed by atoms with Gasteiger partial charge in [-0.25, -0.2) is 13.4 Å². The molecule has 2 aromatic rings. The Morgan fingerprint density at radius 2 is 1.97 bits per heavy atom. The van der Waals surface area contributed by atoms with Crippen molar-refractivity contribution in [1.82, 2.24) is 9.29 Å². The van der Waals surface area contributed by atoms with Gasteiger partial charge >= 0.3 is 0 Å². The second kappa shape index (κ2) is 9.71. The standard InChI is InChI=1S/C20H28N6O2S/c1-2-17-6-5-7-18(16-17)24-20(21)23-10-15-29(27,28)26-13-11-25(12-14-26)19-8-3-4-9-22-19/h3-9,16H,2,10-15H2,1H3,(H3,21,23,24). The Morgan fingerprint density at radius 3 is 2.66 bits per heavy atom. The van der Waals surface area contributed by atoms with Crippen molar-refractivity contribution in [2.45, 2.75) is 13.3 Å². The number of nitrogens with two attached hydrogens (primary N) is 1. The summed E-state index contributed by atoms with van der Waals surface area (Å²) in [6, 6.07) is 13.6. The van der Waals surface area contributed by atoms with Crippen LogP contribution in [0.1, 0.15) is 12.5 Å². The molecule has 1 saturated heterocycles. The number of aromatic nitrogens is 1. The molecule has 2 heterocycles. The Balaban J connectivity index is 1.49. The van der Waals surface area contributed by atoms with E-state index in [1.165, 1.54) is 9.87 Å². The van der Waals surface area contributed by atoms with Crippen LogP contribution in [0.5, 0.6) is 0 Å². The number of nitrogens with one attached hydrogen (secondary N) is 1. The van der Waals surface area contributed by atoms with Crippen LogP contribution in [0.15, 0.2) is 53.7 Å². The number of aliphatic imine (C=N–C) groups is 1. The van der Waals surface area contributed by atoms with Crippen LogP contribution in [0.4, 0.5) is 11.5 Å². The van der Waals surface area contributed by atoms with Crippen molar-refractivity contribution in [3.8, 4) is 0 Å². The fourth-order valence-electron chi connectivity index (χ4n) is 3.20. The van der Waals surface area contributed by atoms with E-state index in [0.717, 1.165) is 17.9 Å². The fourth-order valence-corrected chi connectivity index (χ4v) is 4.50. The Labute approximate surface area is 172 Å². The average molecular weight is 417 g/mol. The highest BCUT2D eigenvalue weighted by atomic mass is 32.2. The number of anilines is 2. The third-order valence-electron chi connectivity index (χ3n) is 4.84. The molecule has 1 aromatic carbocycles. The molecule has 29 heavy (non-hydrogen) atoms. The molecule has 3 rings (SSSR count). The number of benzene rings is 1. The van der Waals surface area contributed by atoms with E-state index in [1.807, 2.05) is 42.5 Å². The molecule has 8 nitrogen and oxygen atoms in total. The Bertz CT molecular complexity index is 925. The van der Waals surface area contributed by atoms with Crippen molar-refractivity contribution < 1.29 is 8.42 Å². The third kappa shape index (κ3) is 5.91. The number of nitrogens with zero attached hydrogens (tertiary/aromatic N) is 4. The Hall–Kier alpha value is -2.65. The van der Waals surface area contributed by atoms with Gasteiger partial charge in [0.2, 0.25) is 10.0 Å². The molecule has 1 aromatic heterocycles. The first-order valence-electron chi connectivity index (χ1n) is 9.77. The first-order valence-corrected chi connectivity index (χ1v) is 11.4. The van der Waals surface area contributed by atoms with E-state index in [-0.39, 0.29) is 18.3 Å². The van der Waals surface area contributed by atoms with Gasteiger partial charge in [0.25, 0.3) is 0 Å². The molecule has 3 N–H and O–H groups in total. The highest BCUT2D eigenvalue weighted by Crippen LogP contribution is 2.15. The van der Waals surface area contributed by atoms with Crippen LogP contribution in [0.25, 0.3) is 0 Å². The number of rotatable bonds is 7. The SMILES string of the molecule is CCc1cccc(NC(N)=NCCS(=O)(=O)N2CCN(c3ccccn3)CC2)c1. The summed E-state index contributed by atoms with van der Waals surface area (Å²) in [5, 5.41) is 3.01. The first-order chi connectivity index (χ1) is 14.0. The second-order valence-electron chi connectivity index (χ2n) is 6.84. The maximum absolute atomic E-state index is 12.6. The van der Waals surface area contributed by atoms with Crippen molar-refractivity contribution in [3.63, 3.8) is 0 Å². The van der Waals surface area contributed by atoms with Gasteiger partial charge in [0.1, 0.15) is 5.82 Å². The molecule has 0 atom stereocenters. The van der Waals surface area contributed by atoms with E-state index < -0.39 is 10.0 Å². The van der Waals surface area contributed by atoms with Gasteiger partial charge in [0.15, 0.2) is 5.96 Å². The molecule has 0 amide bonds. The Kier molecular flexibility index (Phi) is 7.05. The van der Waals surface area contributed by atoms with Crippen molar-refractivity contribution >= 4 is 27.5 Å². The molecule has 0 radical (unpaired) electrons. The summed E-state index contributed by atoms with van der Waals surface area (Å²) in [6.07, 6.45) is 2.67. The third-order valence-corrected chi connectivity index (χ3v) is 6.69. The van der Waals surface area contributed by atoms with Gasteiger partial charge in [-0.15, -0.1) is 0 Å². The van der Waals surface area contributed by atoms with Crippen LogP contribution in [-0.2, 0) is 16.4 Å². The van der Waals surface area contributed by atoms with E-state index in [9.17, 15) is 8.42 Å². The van der Waals surface area contributed by atoms with Gasteiger partial charge in [0.05, 0.1) is 12.3 Å². The monoisotopic (exact) mass is 416 g/mol. The van der Waals surface area contributed by atoms with Crippen LogP contribution in [-0.4, -0.2) is 62.1 Å². The molecule has 1 aliphatic heterocycles. The Morgan fingerprint density at radius 1 is 1.17 bits per heavy atom. The minimum atomic E-state index is -3.37. The summed E-state index contributed by atoms with van der Waals surface area (Å²) >= 11 is 0. The number of hydrogen-bond acceptors (Lipinski definition) is 5. The molecule has 0 aliphatic carbocycles. The molecule has 0 bridgehead atoms. The van der Waals surface area contributed by atoms with Gasteiger partial charge in [-0.2, -0.15) is 4.31 Å². The summed E-state index contributed by atoms with van der Waals surface area (Å²) in [6.45, 7) is 4.33. The van der Waals surface area contributed by atoms with Gasteiger partial charge < -0.3 is 16.0 Å². The van der Waals surface area contributed by atoms with Crippen LogP contribution in [0.2, 0.25) is 0 Å². The van der Waals surface area contributed by atoms with Crippen molar-refractivity contribution in [2.24, 2.45) is 10.7 Å². The van der Waals surface area contributed by atoms with E-state index in [1.54, 1.807) is 6.20 Å². The minimum absolute atomic E-state index is 0.0615. The lowest BCUT2D eigenvalue weighted by Crippen LogP contribution is -2.49. The zero-order valence-electron chi connectivity index (χ0n) is 16.7. The van der Waals surface area contributed by atoms with Crippen LogP contribution >= 0.6 is 0 Å². The summed E-state index contributed by atoms with van der Waals surface area (Å²) in [7, 11) is -3.37. The molecule has 0 saturated carbocycles. The predicted molar refractivity (Wildman–Crippen MR) is 118 cm³/mol. The van der Waals surface area contributed by atoms with Crippen molar-refractivity contribution in [2.75, 3.05) is 48.7 Å². The molecule has 0 spiro atoms. The van der Waals surface area contributed by atoms with E-state index >= 15 is 0 Å². The molecule has 9 heteroatoms. The highest BCUT2D eigenvalue weighted by molar-refractivity contribution is 7.89. The largest absolute Gasteiger partial charge is 0.370 e. The van der Waals surface area contributed by atoms with Gasteiger partial charge in [0, 0.05) is 38.1 Å².